The van der Waals surface area contributed by atoms with Gasteiger partial charge in [-0.15, -0.1) is 0 Å². The molecule has 1 fully saturated rings. The van der Waals surface area contributed by atoms with E-state index in [1.165, 1.54) is 0 Å². The first kappa shape index (κ1) is 17.7. The highest BCUT2D eigenvalue weighted by Gasteiger charge is 2.13. The summed E-state index contributed by atoms with van der Waals surface area (Å²) >= 11 is 0. The number of aromatic nitrogens is 1. The van der Waals surface area contributed by atoms with Crippen LogP contribution in [0.4, 0.5) is 9.18 Å². The van der Waals surface area contributed by atoms with Crippen LogP contribution in [0.2, 0.25) is 0 Å². The van der Waals surface area contributed by atoms with E-state index in [4.69, 9.17) is 10.5 Å². The van der Waals surface area contributed by atoms with Crippen LogP contribution >= 0.6 is 0 Å². The van der Waals surface area contributed by atoms with Crippen molar-refractivity contribution in [3.8, 4) is 0 Å². The van der Waals surface area contributed by atoms with Crippen LogP contribution in [0.5, 0.6) is 0 Å². The number of nitrogens with one attached hydrogen (secondary N) is 2. The number of primary amides is 1. The Bertz CT molecular complexity index is 723. The van der Waals surface area contributed by atoms with Gasteiger partial charge in [-0.3, -0.25) is 0 Å². The van der Waals surface area contributed by atoms with Gasteiger partial charge in [0.25, 0.3) is 0 Å². The molecule has 0 radical (unpaired) electrons. The van der Waals surface area contributed by atoms with Crippen molar-refractivity contribution in [3.63, 3.8) is 0 Å². The van der Waals surface area contributed by atoms with E-state index in [1.54, 1.807) is 12.1 Å². The third-order valence-electron chi connectivity index (χ3n) is 4.63. The van der Waals surface area contributed by atoms with Crippen LogP contribution in [0.25, 0.3) is 10.9 Å². The Balaban J connectivity index is 1.71. The second-order valence-corrected chi connectivity index (χ2v) is 6.40. The fraction of sp³-hybridized carbons (Fsp3) is 0.500. The van der Waals surface area contributed by atoms with Crippen LogP contribution in [0, 0.1) is 5.82 Å². The smallest absolute Gasteiger partial charge is 0.312 e. The molecule has 2 heterocycles. The lowest BCUT2D eigenvalue weighted by Crippen LogP contribution is -2.30. The van der Waals surface area contributed by atoms with Crippen LogP contribution in [-0.2, 0) is 17.6 Å². The number of ether oxygens (including phenoxy) is 1. The third kappa shape index (κ3) is 4.70. The molecule has 7 heteroatoms. The van der Waals surface area contributed by atoms with Gasteiger partial charge in [0.15, 0.2) is 0 Å². The molecule has 3 rings (SSSR count). The van der Waals surface area contributed by atoms with Gasteiger partial charge in [0.05, 0.1) is 6.61 Å². The minimum Gasteiger partial charge on any atom is -0.380 e. The Labute approximate surface area is 146 Å². The zero-order chi connectivity index (χ0) is 17.6. The number of carbonyl (C=O) groups is 1. The van der Waals surface area contributed by atoms with E-state index in [2.05, 4.69) is 15.2 Å². The van der Waals surface area contributed by atoms with Crippen molar-refractivity contribution in [2.75, 3.05) is 39.4 Å². The average Bonchev–Trinajstić information content (AvgIpc) is 2.80. The second kappa shape index (κ2) is 8.31. The Morgan fingerprint density at radius 3 is 3.00 bits per heavy atom. The fourth-order valence-corrected chi connectivity index (χ4v) is 3.35. The number of nitrogens with two attached hydrogens (primary N) is 1. The third-order valence-corrected chi connectivity index (χ3v) is 4.63. The van der Waals surface area contributed by atoms with Gasteiger partial charge in [-0.25, -0.2) is 9.18 Å². The predicted molar refractivity (Wildman–Crippen MR) is 95.1 cm³/mol. The molecular weight excluding hydrogens is 323 g/mol. The van der Waals surface area contributed by atoms with Crippen molar-refractivity contribution in [3.05, 3.63) is 35.3 Å². The van der Waals surface area contributed by atoms with Gasteiger partial charge in [0.1, 0.15) is 5.82 Å². The van der Waals surface area contributed by atoms with Crippen LogP contribution in [0.1, 0.15) is 17.5 Å². The molecule has 0 unspecified atom stereocenters. The van der Waals surface area contributed by atoms with Gasteiger partial charge in [-0.2, -0.15) is 0 Å². The van der Waals surface area contributed by atoms with E-state index in [1.807, 2.05) is 6.20 Å². The minimum atomic E-state index is -0.548. The number of hydrogen-bond acceptors (Lipinski definition) is 3. The highest BCUT2D eigenvalue weighted by molar-refractivity contribution is 5.86. The topological polar surface area (TPSA) is 83.4 Å². The maximum atomic E-state index is 14.1. The molecular formula is C18H25FN4O2. The van der Waals surface area contributed by atoms with E-state index < -0.39 is 6.03 Å². The summed E-state index contributed by atoms with van der Waals surface area (Å²) in [7, 11) is 0. The lowest BCUT2D eigenvalue weighted by atomic mass is 10.0. The van der Waals surface area contributed by atoms with Crippen molar-refractivity contribution in [1.29, 1.82) is 0 Å². The lowest BCUT2D eigenvalue weighted by Gasteiger charge is -2.19. The largest absolute Gasteiger partial charge is 0.380 e. The number of rotatable bonds is 6. The number of urea groups is 1. The molecule has 1 saturated heterocycles. The molecule has 1 aromatic heterocycles. The molecule has 2 aromatic rings. The minimum absolute atomic E-state index is 0.231. The maximum Gasteiger partial charge on any atom is 0.312 e. The number of nitrogens with zero attached hydrogens (tertiary/aromatic N) is 1. The number of fused-ring (bicyclic) bond motifs is 1. The second-order valence-electron chi connectivity index (χ2n) is 6.40. The highest BCUT2D eigenvalue weighted by atomic mass is 19.1. The molecule has 0 aliphatic carbocycles. The van der Waals surface area contributed by atoms with Crippen LogP contribution in [0.15, 0.2) is 18.3 Å². The molecule has 1 aliphatic heterocycles. The number of aromatic amines is 1. The van der Waals surface area contributed by atoms with Crippen molar-refractivity contribution in [2.24, 2.45) is 5.73 Å². The SMILES string of the molecule is NC(=O)NCCc1c[nH]c2c(CCN3CCCOCC3)cc(F)cc12. The monoisotopic (exact) mass is 348 g/mol. The van der Waals surface area contributed by atoms with Gasteiger partial charge < -0.3 is 25.7 Å². The fourth-order valence-electron chi connectivity index (χ4n) is 3.35. The summed E-state index contributed by atoms with van der Waals surface area (Å²) in [5, 5.41) is 3.44. The van der Waals surface area contributed by atoms with Crippen LogP contribution in [0.3, 0.4) is 0 Å². The van der Waals surface area contributed by atoms with Gasteiger partial charge in [-0.1, -0.05) is 0 Å². The van der Waals surface area contributed by atoms with Gasteiger partial charge in [0, 0.05) is 49.9 Å². The van der Waals surface area contributed by atoms with E-state index >= 15 is 0 Å². The summed E-state index contributed by atoms with van der Waals surface area (Å²) in [5.41, 5.74) is 8.02. The summed E-state index contributed by atoms with van der Waals surface area (Å²) in [6.45, 7) is 4.85. The van der Waals surface area contributed by atoms with Gasteiger partial charge >= 0.3 is 6.03 Å². The molecule has 136 valence electrons. The van der Waals surface area contributed by atoms with Crippen LogP contribution < -0.4 is 11.1 Å². The van der Waals surface area contributed by atoms with Gasteiger partial charge in [-0.05, 0) is 42.5 Å². The molecule has 0 spiro atoms. The number of halogens is 1. The van der Waals surface area contributed by atoms with Crippen molar-refractivity contribution >= 4 is 16.9 Å². The Morgan fingerprint density at radius 2 is 2.16 bits per heavy atom. The first-order valence-corrected chi connectivity index (χ1v) is 8.75. The molecule has 25 heavy (non-hydrogen) atoms. The highest BCUT2D eigenvalue weighted by Crippen LogP contribution is 2.24. The number of amides is 2. The van der Waals surface area contributed by atoms with E-state index in [-0.39, 0.29) is 5.82 Å². The Hall–Kier alpha value is -2.12. The zero-order valence-electron chi connectivity index (χ0n) is 14.3. The van der Waals surface area contributed by atoms with Crippen LogP contribution in [-0.4, -0.2) is 55.3 Å². The molecule has 0 atom stereocenters. The summed E-state index contributed by atoms with van der Waals surface area (Å²) in [5.74, 6) is -0.231. The predicted octanol–water partition coefficient (Wildman–Crippen LogP) is 1.78. The van der Waals surface area contributed by atoms with Crippen molar-refractivity contribution in [2.45, 2.75) is 19.3 Å². The quantitative estimate of drug-likeness (QED) is 0.744. The molecule has 0 bridgehead atoms. The first-order valence-electron chi connectivity index (χ1n) is 8.75. The first-order chi connectivity index (χ1) is 12.1. The number of benzene rings is 1. The summed E-state index contributed by atoms with van der Waals surface area (Å²) in [6.07, 6.45) is 4.32. The average molecular weight is 348 g/mol. The summed E-state index contributed by atoms with van der Waals surface area (Å²) < 4.78 is 19.6. The Morgan fingerprint density at radius 1 is 1.28 bits per heavy atom. The van der Waals surface area contributed by atoms with E-state index in [9.17, 15) is 9.18 Å². The standard InChI is InChI=1S/C18H25FN4O2/c19-15-10-13(3-6-23-5-1-8-25-9-7-23)17-16(11-15)14(12-22-17)2-4-21-18(20)24/h10-12,22H,1-9H2,(H3,20,21,24). The van der Waals surface area contributed by atoms with Gasteiger partial charge in [0.2, 0.25) is 0 Å². The molecule has 2 amide bonds. The van der Waals surface area contributed by atoms with E-state index in [0.717, 1.165) is 67.7 Å². The molecule has 6 nitrogen and oxygen atoms in total. The maximum absolute atomic E-state index is 14.1. The lowest BCUT2D eigenvalue weighted by molar-refractivity contribution is 0.141. The molecule has 4 N–H and O–H groups in total. The number of H-pyrrole nitrogens is 1. The number of carbonyl (C=O) groups excluding carboxylic acids is 1. The normalized spacial score (nSPS) is 16.0. The number of hydrogen-bond donors (Lipinski definition) is 3. The summed E-state index contributed by atoms with van der Waals surface area (Å²) in [4.78, 5) is 16.4. The zero-order valence-corrected chi connectivity index (χ0v) is 14.3. The molecule has 0 saturated carbocycles. The van der Waals surface area contributed by atoms with Crippen molar-refractivity contribution < 1.29 is 13.9 Å². The summed E-state index contributed by atoms with van der Waals surface area (Å²) in [6, 6.07) is 2.61. The Kier molecular flexibility index (Phi) is 5.88. The molecule has 1 aliphatic rings. The molecule has 1 aromatic carbocycles. The van der Waals surface area contributed by atoms with Crippen molar-refractivity contribution in [1.82, 2.24) is 15.2 Å². The van der Waals surface area contributed by atoms with E-state index in [0.29, 0.717) is 13.0 Å².